The molecule has 0 bridgehead atoms. The van der Waals surface area contributed by atoms with Crippen molar-refractivity contribution in [3.05, 3.63) is 82.0 Å². The molecule has 0 saturated carbocycles. The molecule has 4 heterocycles. The van der Waals surface area contributed by atoms with Crippen LogP contribution in [0.15, 0.2) is 59.8 Å². The lowest BCUT2D eigenvalue weighted by atomic mass is 9.99. The smallest absolute Gasteiger partial charge is 0.262 e. The minimum absolute atomic E-state index is 0.0717. The average molecular weight is 752 g/mol. The lowest BCUT2D eigenvalue weighted by molar-refractivity contribution is -0.136. The van der Waals surface area contributed by atoms with Gasteiger partial charge in [0.1, 0.15) is 17.5 Å². The lowest BCUT2D eigenvalue weighted by Gasteiger charge is -2.27. The highest BCUT2D eigenvalue weighted by molar-refractivity contribution is 6.23. The predicted octanol–water partition coefficient (Wildman–Crippen LogP) is 3.24. The molecular weight excluding hydrogens is 706 g/mol. The fourth-order valence-corrected chi connectivity index (χ4v) is 7.11. The summed E-state index contributed by atoms with van der Waals surface area (Å²) in [6.07, 6.45) is 8.72. The number of nitrogens with zero attached hydrogens (tertiary/aromatic N) is 4. The lowest BCUT2D eigenvalue weighted by Crippen LogP contribution is -2.54. The molecular formula is C40H45N7O8. The number of hydrogen-bond acceptors (Lipinski definition) is 11. The van der Waals surface area contributed by atoms with Gasteiger partial charge >= 0.3 is 0 Å². The standard InChI is InChI=1S/C40H45N7O8/c1-45(21-31-33(54-3)17-24(18-34(31)55-4)30-22-46(2)38(51)29-20-41-16-13-26(29)30)23-36(49)43-15-8-6-5-7-14-42-25-9-10-27-28(19-25)40(53)47(39(27)52)32-11-12-35(48)44-37(32)50/h9-10,13,16-20,22,32,42H,5-8,11-12,14-15,21,23H2,1-4H3,(H,43,49)(H,44,48,50). The molecule has 2 aromatic carbocycles. The van der Waals surface area contributed by atoms with Crippen molar-refractivity contribution in [3.63, 3.8) is 0 Å². The molecule has 55 heavy (non-hydrogen) atoms. The first-order chi connectivity index (χ1) is 26.5. The van der Waals surface area contributed by atoms with E-state index in [0.29, 0.717) is 42.2 Å². The van der Waals surface area contributed by atoms with Crippen LogP contribution in [-0.2, 0) is 28.0 Å². The van der Waals surface area contributed by atoms with E-state index < -0.39 is 29.7 Å². The third-order valence-electron chi connectivity index (χ3n) is 9.94. The van der Waals surface area contributed by atoms with Crippen LogP contribution in [-0.4, -0.2) is 95.8 Å². The number of hydrogen-bond donors (Lipinski definition) is 3. The number of ether oxygens (including phenoxy) is 2. The van der Waals surface area contributed by atoms with Crippen LogP contribution in [0.25, 0.3) is 21.9 Å². The third-order valence-corrected chi connectivity index (χ3v) is 9.94. The molecule has 0 aliphatic carbocycles. The SMILES string of the molecule is COc1cc(-c2cn(C)c(=O)c3cnccc23)cc(OC)c1CN(C)CC(=O)NCCCCCCNc1ccc2c(c1)C(=O)N(C1CCC(=O)NC1=O)C2=O. The normalized spacial score (nSPS) is 15.4. The highest BCUT2D eigenvalue weighted by Crippen LogP contribution is 2.38. The van der Waals surface area contributed by atoms with Gasteiger partial charge in [0, 0.05) is 62.9 Å². The minimum Gasteiger partial charge on any atom is -0.496 e. The Morgan fingerprint density at radius 1 is 0.909 bits per heavy atom. The van der Waals surface area contributed by atoms with Gasteiger partial charge in [-0.25, -0.2) is 0 Å². The molecule has 288 valence electrons. The van der Waals surface area contributed by atoms with Gasteiger partial charge < -0.3 is 24.7 Å². The molecule has 15 heteroatoms. The molecule has 1 atom stereocenters. The monoisotopic (exact) mass is 751 g/mol. The Morgan fingerprint density at radius 3 is 2.33 bits per heavy atom. The molecule has 2 aliphatic heterocycles. The second-order valence-electron chi connectivity index (χ2n) is 13.8. The number of amides is 5. The summed E-state index contributed by atoms with van der Waals surface area (Å²) in [5, 5.41) is 9.79. The number of anilines is 1. The van der Waals surface area contributed by atoms with Gasteiger partial charge in [-0.05, 0) is 73.7 Å². The first-order valence-corrected chi connectivity index (χ1v) is 18.2. The Balaban J connectivity index is 0.930. The van der Waals surface area contributed by atoms with Crippen LogP contribution in [0.2, 0.25) is 0 Å². The Hall–Kier alpha value is -6.09. The number of benzene rings is 2. The van der Waals surface area contributed by atoms with Gasteiger partial charge in [0.2, 0.25) is 17.7 Å². The number of piperidine rings is 1. The third kappa shape index (κ3) is 8.36. The van der Waals surface area contributed by atoms with Gasteiger partial charge in [-0.2, -0.15) is 0 Å². The zero-order chi connectivity index (χ0) is 39.2. The van der Waals surface area contributed by atoms with E-state index in [1.54, 1.807) is 58.1 Å². The van der Waals surface area contributed by atoms with Gasteiger partial charge in [0.15, 0.2) is 0 Å². The molecule has 5 amide bonds. The first kappa shape index (κ1) is 38.6. The number of carbonyl (C=O) groups excluding carboxylic acids is 5. The van der Waals surface area contributed by atoms with E-state index in [2.05, 4.69) is 20.9 Å². The van der Waals surface area contributed by atoms with E-state index in [0.717, 1.165) is 52.7 Å². The Kier molecular flexibility index (Phi) is 11.9. The van der Waals surface area contributed by atoms with Crippen LogP contribution in [0, 0.1) is 0 Å². The number of pyridine rings is 2. The van der Waals surface area contributed by atoms with E-state index >= 15 is 0 Å². The Labute approximate surface area is 318 Å². The van der Waals surface area contributed by atoms with Gasteiger partial charge in [0.25, 0.3) is 17.4 Å². The molecule has 3 N–H and O–H groups in total. The van der Waals surface area contributed by atoms with Gasteiger partial charge in [-0.15, -0.1) is 0 Å². The van der Waals surface area contributed by atoms with Gasteiger partial charge in [0.05, 0.1) is 42.8 Å². The van der Waals surface area contributed by atoms with Crippen molar-refractivity contribution in [2.45, 2.75) is 51.1 Å². The quantitative estimate of drug-likeness (QED) is 0.113. The number of aromatic nitrogens is 2. The largest absolute Gasteiger partial charge is 0.496 e. The van der Waals surface area contributed by atoms with E-state index in [9.17, 15) is 28.8 Å². The van der Waals surface area contributed by atoms with Crippen molar-refractivity contribution in [1.82, 2.24) is 30.0 Å². The number of rotatable bonds is 16. The molecule has 15 nitrogen and oxygen atoms in total. The van der Waals surface area contributed by atoms with Gasteiger partial charge in [-0.3, -0.25) is 48.9 Å². The zero-order valence-corrected chi connectivity index (χ0v) is 31.4. The summed E-state index contributed by atoms with van der Waals surface area (Å²) in [5.41, 5.74) is 3.50. The van der Waals surface area contributed by atoms with Crippen molar-refractivity contribution in [2.24, 2.45) is 7.05 Å². The maximum atomic E-state index is 13.1. The van der Waals surface area contributed by atoms with Crippen LogP contribution in [0.4, 0.5) is 5.69 Å². The zero-order valence-electron chi connectivity index (χ0n) is 31.4. The molecule has 2 aliphatic rings. The van der Waals surface area contributed by atoms with Crippen LogP contribution in [0.3, 0.4) is 0 Å². The second-order valence-corrected chi connectivity index (χ2v) is 13.8. The number of likely N-dealkylation sites (N-methyl/N-ethyl adjacent to an activating group) is 1. The highest BCUT2D eigenvalue weighted by Gasteiger charge is 2.44. The molecule has 2 aromatic heterocycles. The topological polar surface area (TPSA) is 181 Å². The summed E-state index contributed by atoms with van der Waals surface area (Å²) in [6, 6.07) is 9.60. The molecule has 1 unspecified atom stereocenters. The van der Waals surface area contributed by atoms with Crippen molar-refractivity contribution >= 4 is 46.0 Å². The van der Waals surface area contributed by atoms with Crippen LogP contribution in [0.5, 0.6) is 11.5 Å². The fourth-order valence-electron chi connectivity index (χ4n) is 7.11. The average Bonchev–Trinajstić information content (AvgIpc) is 3.42. The molecule has 6 rings (SSSR count). The van der Waals surface area contributed by atoms with Crippen molar-refractivity contribution in [2.75, 3.05) is 46.2 Å². The van der Waals surface area contributed by atoms with Crippen molar-refractivity contribution in [1.29, 1.82) is 0 Å². The number of methoxy groups -OCH3 is 2. The minimum atomic E-state index is -0.995. The number of imide groups is 2. The maximum absolute atomic E-state index is 13.1. The first-order valence-electron chi connectivity index (χ1n) is 18.2. The number of fused-ring (bicyclic) bond motifs is 2. The van der Waals surface area contributed by atoms with Gasteiger partial charge in [-0.1, -0.05) is 12.8 Å². The molecule has 0 spiro atoms. The summed E-state index contributed by atoms with van der Waals surface area (Å²) in [7, 11) is 6.74. The number of nitrogens with one attached hydrogen (secondary N) is 3. The van der Waals surface area contributed by atoms with E-state index in [1.807, 2.05) is 30.1 Å². The van der Waals surface area contributed by atoms with Crippen LogP contribution < -0.4 is 31.0 Å². The number of aryl methyl sites for hydroxylation is 1. The highest BCUT2D eigenvalue weighted by atomic mass is 16.5. The number of unbranched alkanes of at least 4 members (excludes halogenated alkanes) is 3. The fraction of sp³-hybridized carbons (Fsp3) is 0.375. The molecule has 4 aromatic rings. The summed E-state index contributed by atoms with van der Waals surface area (Å²) >= 11 is 0. The Bertz CT molecular complexity index is 2190. The van der Waals surface area contributed by atoms with Crippen LogP contribution >= 0.6 is 0 Å². The van der Waals surface area contributed by atoms with E-state index in [4.69, 9.17) is 9.47 Å². The predicted molar refractivity (Wildman–Crippen MR) is 205 cm³/mol. The van der Waals surface area contributed by atoms with E-state index in [-0.39, 0.29) is 42.0 Å². The summed E-state index contributed by atoms with van der Waals surface area (Å²) < 4.78 is 13.1. The van der Waals surface area contributed by atoms with Crippen LogP contribution in [0.1, 0.15) is 64.8 Å². The summed E-state index contributed by atoms with van der Waals surface area (Å²) in [6.45, 7) is 1.78. The summed E-state index contributed by atoms with van der Waals surface area (Å²) in [5.74, 6) is -1.00. The molecule has 1 fully saturated rings. The summed E-state index contributed by atoms with van der Waals surface area (Å²) in [4.78, 5) is 82.3. The molecule has 0 radical (unpaired) electrons. The van der Waals surface area contributed by atoms with Crippen molar-refractivity contribution in [3.8, 4) is 22.6 Å². The van der Waals surface area contributed by atoms with E-state index in [1.165, 1.54) is 4.57 Å². The van der Waals surface area contributed by atoms with Crippen molar-refractivity contribution < 1.29 is 33.4 Å². The Morgan fingerprint density at radius 2 is 1.62 bits per heavy atom. The number of carbonyl (C=O) groups is 5. The maximum Gasteiger partial charge on any atom is 0.262 e. The molecule has 1 saturated heterocycles. The second kappa shape index (κ2) is 16.9.